The summed E-state index contributed by atoms with van der Waals surface area (Å²) in [6.45, 7) is 0. The van der Waals surface area contributed by atoms with Crippen LogP contribution in [-0.4, -0.2) is 10.1 Å². The van der Waals surface area contributed by atoms with Gasteiger partial charge in [0.05, 0.1) is 11.8 Å². The minimum Gasteiger partial charge on any atom is -0.385 e. The highest BCUT2D eigenvalue weighted by Crippen LogP contribution is 2.39. The average molecular weight is 216 g/mol. The standard InChI is InChI=1S/C10H11ClFNO/c11-9-5-7(8(12)6-13-9)10(14)3-1-2-4-10/h5-6,14H,1-4H2. The molecule has 0 amide bonds. The Kier molecular flexibility index (Phi) is 2.45. The zero-order chi connectivity index (χ0) is 10.2. The van der Waals surface area contributed by atoms with Crippen molar-refractivity contribution in [2.45, 2.75) is 31.3 Å². The average Bonchev–Trinajstić information content (AvgIpc) is 2.58. The molecule has 1 N–H and O–H groups in total. The van der Waals surface area contributed by atoms with Crippen molar-refractivity contribution >= 4 is 11.6 Å². The number of aromatic nitrogens is 1. The number of nitrogens with zero attached hydrogens (tertiary/aromatic N) is 1. The molecule has 2 rings (SSSR count). The SMILES string of the molecule is OC1(c2cc(Cl)ncc2F)CCCC1. The molecule has 14 heavy (non-hydrogen) atoms. The smallest absolute Gasteiger partial charge is 0.147 e. The van der Waals surface area contributed by atoms with Crippen LogP contribution in [0.15, 0.2) is 12.3 Å². The second-order valence-corrected chi connectivity index (χ2v) is 4.11. The predicted octanol–water partition coefficient (Wildman–Crippen LogP) is 2.64. The molecule has 1 aliphatic rings. The van der Waals surface area contributed by atoms with Crippen molar-refractivity contribution in [3.05, 3.63) is 28.8 Å². The van der Waals surface area contributed by atoms with Crippen molar-refractivity contribution in [2.75, 3.05) is 0 Å². The Labute approximate surface area is 86.7 Å². The third-order valence-electron chi connectivity index (χ3n) is 2.75. The Hall–Kier alpha value is -0.670. The molecule has 76 valence electrons. The maximum atomic E-state index is 13.4. The molecule has 0 bridgehead atoms. The molecule has 4 heteroatoms. The van der Waals surface area contributed by atoms with Crippen molar-refractivity contribution in [3.8, 4) is 0 Å². The summed E-state index contributed by atoms with van der Waals surface area (Å²) in [6.07, 6.45) is 4.12. The molecule has 1 heterocycles. The van der Waals surface area contributed by atoms with Crippen molar-refractivity contribution in [1.29, 1.82) is 0 Å². The van der Waals surface area contributed by atoms with Gasteiger partial charge in [0.2, 0.25) is 0 Å². The highest BCUT2D eigenvalue weighted by molar-refractivity contribution is 6.29. The molecule has 0 spiro atoms. The molecule has 0 atom stereocenters. The third-order valence-corrected chi connectivity index (χ3v) is 2.96. The second-order valence-electron chi connectivity index (χ2n) is 3.73. The fraction of sp³-hybridized carbons (Fsp3) is 0.500. The van der Waals surface area contributed by atoms with E-state index in [0.717, 1.165) is 19.0 Å². The van der Waals surface area contributed by atoms with E-state index in [-0.39, 0.29) is 10.7 Å². The highest BCUT2D eigenvalue weighted by Gasteiger charge is 2.35. The van der Waals surface area contributed by atoms with Gasteiger partial charge in [-0.1, -0.05) is 24.4 Å². The lowest BCUT2D eigenvalue weighted by atomic mass is 9.93. The first-order valence-electron chi connectivity index (χ1n) is 4.66. The Bertz CT molecular complexity index is 350. The van der Waals surface area contributed by atoms with Gasteiger partial charge >= 0.3 is 0 Å². The summed E-state index contributed by atoms with van der Waals surface area (Å²) >= 11 is 5.67. The van der Waals surface area contributed by atoms with Crippen LogP contribution in [0, 0.1) is 5.82 Å². The van der Waals surface area contributed by atoms with Crippen LogP contribution in [0.4, 0.5) is 4.39 Å². The zero-order valence-electron chi connectivity index (χ0n) is 7.63. The molecule has 0 saturated heterocycles. The molecule has 1 aromatic heterocycles. The summed E-state index contributed by atoms with van der Waals surface area (Å²) in [5.74, 6) is -0.473. The molecule has 0 radical (unpaired) electrons. The minimum atomic E-state index is -1.03. The van der Waals surface area contributed by atoms with Gasteiger partial charge in [0, 0.05) is 5.56 Å². The van der Waals surface area contributed by atoms with E-state index in [2.05, 4.69) is 4.98 Å². The summed E-state index contributed by atoms with van der Waals surface area (Å²) in [5, 5.41) is 10.4. The molecule has 0 unspecified atom stereocenters. The van der Waals surface area contributed by atoms with Crippen LogP contribution >= 0.6 is 11.6 Å². The highest BCUT2D eigenvalue weighted by atomic mass is 35.5. The molecule has 1 saturated carbocycles. The Morgan fingerprint density at radius 2 is 2.07 bits per heavy atom. The molecule has 2 nitrogen and oxygen atoms in total. The first-order valence-corrected chi connectivity index (χ1v) is 5.03. The van der Waals surface area contributed by atoms with E-state index < -0.39 is 11.4 Å². The largest absolute Gasteiger partial charge is 0.385 e. The predicted molar refractivity (Wildman–Crippen MR) is 51.6 cm³/mol. The van der Waals surface area contributed by atoms with Crippen LogP contribution in [-0.2, 0) is 5.60 Å². The summed E-state index contributed by atoms with van der Waals surface area (Å²) < 4.78 is 13.4. The third kappa shape index (κ3) is 1.62. The van der Waals surface area contributed by atoms with E-state index in [1.54, 1.807) is 0 Å². The lowest BCUT2D eigenvalue weighted by molar-refractivity contribution is 0.0406. The minimum absolute atomic E-state index is 0.224. The first kappa shape index (κ1) is 9.87. The van der Waals surface area contributed by atoms with Gasteiger partial charge in [-0.2, -0.15) is 0 Å². The Morgan fingerprint density at radius 3 is 2.71 bits per heavy atom. The van der Waals surface area contributed by atoms with E-state index in [4.69, 9.17) is 11.6 Å². The number of aliphatic hydroxyl groups is 1. The van der Waals surface area contributed by atoms with Gasteiger partial charge < -0.3 is 5.11 Å². The Balaban J connectivity index is 2.44. The molecule has 1 aromatic rings. The van der Waals surface area contributed by atoms with Crippen LogP contribution in [0.3, 0.4) is 0 Å². The fourth-order valence-electron chi connectivity index (χ4n) is 2.00. The van der Waals surface area contributed by atoms with Crippen LogP contribution in [0.5, 0.6) is 0 Å². The number of hydrogen-bond acceptors (Lipinski definition) is 2. The number of rotatable bonds is 1. The number of halogens is 2. The van der Waals surface area contributed by atoms with Gasteiger partial charge in [-0.05, 0) is 18.9 Å². The molecule has 1 fully saturated rings. The summed E-state index contributed by atoms with van der Waals surface area (Å²) in [4.78, 5) is 3.62. The Morgan fingerprint density at radius 1 is 1.43 bits per heavy atom. The second kappa shape index (κ2) is 3.48. The summed E-state index contributed by atoms with van der Waals surface area (Å²) in [7, 11) is 0. The van der Waals surface area contributed by atoms with Gasteiger partial charge in [0.1, 0.15) is 11.0 Å². The lowest BCUT2D eigenvalue weighted by Gasteiger charge is -2.22. The number of hydrogen-bond donors (Lipinski definition) is 1. The van der Waals surface area contributed by atoms with Crippen LogP contribution in [0.2, 0.25) is 5.15 Å². The van der Waals surface area contributed by atoms with Gasteiger partial charge in [-0.25, -0.2) is 9.37 Å². The van der Waals surface area contributed by atoms with Crippen molar-refractivity contribution in [3.63, 3.8) is 0 Å². The maximum Gasteiger partial charge on any atom is 0.147 e. The summed E-state index contributed by atoms with van der Waals surface area (Å²) in [6, 6.07) is 1.42. The molecular weight excluding hydrogens is 205 g/mol. The number of pyridine rings is 1. The van der Waals surface area contributed by atoms with E-state index in [9.17, 15) is 9.50 Å². The monoisotopic (exact) mass is 215 g/mol. The lowest BCUT2D eigenvalue weighted by Crippen LogP contribution is -2.22. The topological polar surface area (TPSA) is 33.1 Å². The molecular formula is C10H11ClFNO. The van der Waals surface area contributed by atoms with E-state index in [0.29, 0.717) is 12.8 Å². The van der Waals surface area contributed by atoms with Gasteiger partial charge in [-0.3, -0.25) is 0 Å². The van der Waals surface area contributed by atoms with Crippen molar-refractivity contribution in [2.24, 2.45) is 0 Å². The maximum absolute atomic E-state index is 13.4. The van der Waals surface area contributed by atoms with Gasteiger partial charge in [0.25, 0.3) is 0 Å². The van der Waals surface area contributed by atoms with E-state index >= 15 is 0 Å². The molecule has 0 aromatic carbocycles. The van der Waals surface area contributed by atoms with E-state index in [1.165, 1.54) is 6.07 Å². The molecule has 1 aliphatic carbocycles. The van der Waals surface area contributed by atoms with Gasteiger partial charge in [-0.15, -0.1) is 0 Å². The van der Waals surface area contributed by atoms with Crippen LogP contribution < -0.4 is 0 Å². The van der Waals surface area contributed by atoms with Gasteiger partial charge in [0.15, 0.2) is 0 Å². The fourth-order valence-corrected chi connectivity index (χ4v) is 2.16. The first-order chi connectivity index (χ1) is 6.62. The van der Waals surface area contributed by atoms with Crippen LogP contribution in [0.25, 0.3) is 0 Å². The normalized spacial score (nSPS) is 19.9. The van der Waals surface area contributed by atoms with E-state index in [1.807, 2.05) is 0 Å². The van der Waals surface area contributed by atoms with Crippen molar-refractivity contribution in [1.82, 2.24) is 4.98 Å². The van der Waals surface area contributed by atoms with Crippen LogP contribution in [0.1, 0.15) is 31.2 Å². The summed E-state index contributed by atoms with van der Waals surface area (Å²) in [5.41, 5.74) is -0.744. The van der Waals surface area contributed by atoms with Crippen molar-refractivity contribution < 1.29 is 9.50 Å². The zero-order valence-corrected chi connectivity index (χ0v) is 8.39. The quantitative estimate of drug-likeness (QED) is 0.731. The molecule has 0 aliphatic heterocycles.